The van der Waals surface area contributed by atoms with Crippen LogP contribution >= 0.6 is 0 Å². The molecule has 0 saturated heterocycles. The molecule has 0 spiro atoms. The summed E-state index contributed by atoms with van der Waals surface area (Å²) < 4.78 is 40.4. The zero-order valence-electron chi connectivity index (χ0n) is 13.0. The first-order chi connectivity index (χ1) is 12.0. The fourth-order valence-electron chi connectivity index (χ4n) is 2.51. The highest BCUT2D eigenvalue weighted by atomic mass is 19.4. The molecule has 0 aliphatic rings. The third-order valence-corrected chi connectivity index (χ3v) is 3.67. The Morgan fingerprint density at radius 2 is 1.68 bits per heavy atom. The van der Waals surface area contributed by atoms with Crippen LogP contribution in [0.25, 0.3) is 11.3 Å². The van der Waals surface area contributed by atoms with Gasteiger partial charge in [0.1, 0.15) is 5.69 Å². The zero-order chi connectivity index (χ0) is 17.9. The Labute approximate surface area is 142 Å². The van der Waals surface area contributed by atoms with Gasteiger partial charge in [-0.15, -0.1) is 5.10 Å². The summed E-state index contributed by atoms with van der Waals surface area (Å²) in [6.45, 7) is 0.204. The molecule has 4 nitrogen and oxygen atoms in total. The van der Waals surface area contributed by atoms with E-state index in [0.717, 1.165) is 5.56 Å². The summed E-state index contributed by atoms with van der Waals surface area (Å²) in [4.78, 5) is 0. The standard InChI is InChI=1S/C18H13F3N4/c19-18(20,21)10-16-17(15-8-6-13(11-22)7-9-15)23-24-25(16)12-14-4-2-1-3-5-14/h1-9H,10,12H2. The van der Waals surface area contributed by atoms with Gasteiger partial charge in [0.2, 0.25) is 0 Å². The van der Waals surface area contributed by atoms with E-state index in [0.29, 0.717) is 11.1 Å². The van der Waals surface area contributed by atoms with Crippen LogP contribution in [0.2, 0.25) is 0 Å². The average molecular weight is 342 g/mol. The van der Waals surface area contributed by atoms with E-state index in [-0.39, 0.29) is 17.9 Å². The van der Waals surface area contributed by atoms with Crippen molar-refractivity contribution < 1.29 is 13.2 Å². The number of benzene rings is 2. The molecule has 1 aromatic heterocycles. The quantitative estimate of drug-likeness (QED) is 0.721. The maximum Gasteiger partial charge on any atom is 0.394 e. The van der Waals surface area contributed by atoms with E-state index in [1.54, 1.807) is 24.3 Å². The Morgan fingerprint density at radius 3 is 2.28 bits per heavy atom. The van der Waals surface area contributed by atoms with Crippen LogP contribution in [0, 0.1) is 11.3 Å². The van der Waals surface area contributed by atoms with Crippen molar-refractivity contribution in [3.8, 4) is 17.3 Å². The van der Waals surface area contributed by atoms with Crippen molar-refractivity contribution in [2.75, 3.05) is 0 Å². The van der Waals surface area contributed by atoms with Crippen molar-refractivity contribution >= 4 is 0 Å². The number of hydrogen-bond donors (Lipinski definition) is 0. The van der Waals surface area contributed by atoms with E-state index in [9.17, 15) is 13.2 Å². The molecule has 0 saturated carbocycles. The molecule has 0 aliphatic carbocycles. The van der Waals surface area contributed by atoms with Gasteiger partial charge in [-0.3, -0.25) is 0 Å². The van der Waals surface area contributed by atoms with E-state index in [4.69, 9.17) is 5.26 Å². The summed E-state index contributed by atoms with van der Waals surface area (Å²) >= 11 is 0. The maximum atomic E-state index is 13.0. The van der Waals surface area contributed by atoms with E-state index in [1.807, 2.05) is 36.4 Å². The summed E-state index contributed by atoms with van der Waals surface area (Å²) in [5, 5.41) is 16.7. The third kappa shape index (κ3) is 4.04. The van der Waals surface area contributed by atoms with Crippen LogP contribution in [0.1, 0.15) is 16.8 Å². The Balaban J connectivity index is 2.01. The molecule has 0 bridgehead atoms. The highest BCUT2D eigenvalue weighted by Crippen LogP contribution is 2.28. The molecular weight excluding hydrogens is 329 g/mol. The van der Waals surface area contributed by atoms with Gasteiger partial charge in [0.25, 0.3) is 0 Å². The first-order valence-corrected chi connectivity index (χ1v) is 7.50. The van der Waals surface area contributed by atoms with Crippen molar-refractivity contribution in [1.29, 1.82) is 5.26 Å². The van der Waals surface area contributed by atoms with E-state index in [2.05, 4.69) is 10.3 Å². The second-order valence-corrected chi connectivity index (χ2v) is 5.51. The van der Waals surface area contributed by atoms with E-state index in [1.165, 1.54) is 4.68 Å². The molecule has 1 heterocycles. The predicted octanol–water partition coefficient (Wildman–Crippen LogP) is 3.97. The molecule has 0 aliphatic heterocycles. The summed E-state index contributed by atoms with van der Waals surface area (Å²) in [7, 11) is 0. The molecule has 0 fully saturated rings. The predicted molar refractivity (Wildman–Crippen MR) is 85.5 cm³/mol. The minimum atomic E-state index is -4.38. The highest BCUT2D eigenvalue weighted by molar-refractivity contribution is 5.62. The zero-order valence-corrected chi connectivity index (χ0v) is 13.0. The molecule has 0 N–H and O–H groups in total. The van der Waals surface area contributed by atoms with Gasteiger partial charge in [0, 0.05) is 5.56 Å². The van der Waals surface area contributed by atoms with Gasteiger partial charge < -0.3 is 0 Å². The third-order valence-electron chi connectivity index (χ3n) is 3.67. The van der Waals surface area contributed by atoms with E-state index >= 15 is 0 Å². The van der Waals surface area contributed by atoms with Gasteiger partial charge in [-0.1, -0.05) is 47.7 Å². The van der Waals surface area contributed by atoms with Gasteiger partial charge >= 0.3 is 6.18 Å². The lowest BCUT2D eigenvalue weighted by atomic mass is 10.1. The fraction of sp³-hybridized carbons (Fsp3) is 0.167. The van der Waals surface area contributed by atoms with Crippen molar-refractivity contribution in [2.24, 2.45) is 0 Å². The van der Waals surface area contributed by atoms with Crippen LogP contribution in [-0.4, -0.2) is 21.2 Å². The normalized spacial score (nSPS) is 11.3. The van der Waals surface area contributed by atoms with Crippen LogP contribution in [0.5, 0.6) is 0 Å². The number of halogens is 3. The average Bonchev–Trinajstić information content (AvgIpc) is 2.96. The molecule has 0 radical (unpaired) electrons. The molecular formula is C18H13F3N4. The molecule has 7 heteroatoms. The van der Waals surface area contributed by atoms with Gasteiger partial charge in [-0.25, -0.2) is 4.68 Å². The van der Waals surface area contributed by atoms with Gasteiger partial charge in [-0.05, 0) is 17.7 Å². The van der Waals surface area contributed by atoms with Crippen molar-refractivity contribution in [3.05, 3.63) is 71.4 Å². The monoisotopic (exact) mass is 342 g/mol. The number of alkyl halides is 3. The second-order valence-electron chi connectivity index (χ2n) is 5.51. The Hall–Kier alpha value is -3.14. The first kappa shape index (κ1) is 16.7. The van der Waals surface area contributed by atoms with Gasteiger partial charge in [0.15, 0.2) is 0 Å². The maximum absolute atomic E-state index is 13.0. The molecule has 0 atom stereocenters. The number of hydrogen-bond acceptors (Lipinski definition) is 3. The minimum Gasteiger partial charge on any atom is -0.244 e. The number of nitriles is 1. The lowest BCUT2D eigenvalue weighted by Gasteiger charge is -2.11. The molecule has 0 amide bonds. The Morgan fingerprint density at radius 1 is 1.00 bits per heavy atom. The summed E-state index contributed by atoms with van der Waals surface area (Å²) in [6.07, 6.45) is -5.50. The topological polar surface area (TPSA) is 54.5 Å². The lowest BCUT2D eigenvalue weighted by molar-refractivity contribution is -0.128. The summed E-state index contributed by atoms with van der Waals surface area (Å²) in [6, 6.07) is 17.3. The smallest absolute Gasteiger partial charge is 0.244 e. The molecule has 0 unspecified atom stereocenters. The van der Waals surface area contributed by atoms with Crippen molar-refractivity contribution in [3.63, 3.8) is 0 Å². The fourth-order valence-corrected chi connectivity index (χ4v) is 2.51. The van der Waals surface area contributed by atoms with Gasteiger partial charge in [0.05, 0.1) is 30.3 Å². The summed E-state index contributed by atoms with van der Waals surface area (Å²) in [5.74, 6) is 0. The SMILES string of the molecule is N#Cc1ccc(-c2nnn(Cc3ccccc3)c2CC(F)(F)F)cc1. The van der Waals surface area contributed by atoms with Gasteiger partial charge in [-0.2, -0.15) is 18.4 Å². The van der Waals surface area contributed by atoms with Crippen LogP contribution in [0.15, 0.2) is 54.6 Å². The number of nitrogens with zero attached hydrogens (tertiary/aromatic N) is 4. The minimum absolute atomic E-state index is 0.000982. The highest BCUT2D eigenvalue weighted by Gasteiger charge is 2.32. The summed E-state index contributed by atoms with van der Waals surface area (Å²) in [5.41, 5.74) is 1.94. The number of aromatic nitrogens is 3. The molecule has 126 valence electrons. The second kappa shape index (κ2) is 6.77. The lowest BCUT2D eigenvalue weighted by Crippen LogP contribution is -2.17. The van der Waals surface area contributed by atoms with Crippen LogP contribution < -0.4 is 0 Å². The largest absolute Gasteiger partial charge is 0.394 e. The van der Waals surface area contributed by atoms with Crippen LogP contribution in [-0.2, 0) is 13.0 Å². The molecule has 3 rings (SSSR count). The Kier molecular flexibility index (Phi) is 4.52. The van der Waals surface area contributed by atoms with Crippen molar-refractivity contribution in [2.45, 2.75) is 19.1 Å². The van der Waals surface area contributed by atoms with Crippen LogP contribution in [0.4, 0.5) is 13.2 Å². The first-order valence-electron chi connectivity index (χ1n) is 7.50. The van der Waals surface area contributed by atoms with E-state index < -0.39 is 12.6 Å². The van der Waals surface area contributed by atoms with Crippen molar-refractivity contribution in [1.82, 2.24) is 15.0 Å². The Bertz CT molecular complexity index is 891. The van der Waals surface area contributed by atoms with Crippen LogP contribution in [0.3, 0.4) is 0 Å². The number of rotatable bonds is 4. The molecule has 25 heavy (non-hydrogen) atoms. The molecule has 2 aromatic carbocycles. The molecule has 3 aromatic rings.